The Bertz CT molecular complexity index is 1010. The van der Waals surface area contributed by atoms with Gasteiger partial charge in [0.25, 0.3) is 0 Å². The quantitative estimate of drug-likeness (QED) is 0.351. The van der Waals surface area contributed by atoms with Gasteiger partial charge in [-0.25, -0.2) is 4.39 Å². The SMILES string of the molecule is CCCCN1C=Cc2c(n(Cc3ccc(F)cc3)c3cc(OC)ccc23)C1C.I. The molecule has 0 saturated carbocycles. The molecule has 3 nitrogen and oxygen atoms in total. The van der Waals surface area contributed by atoms with Crippen molar-refractivity contribution in [3.8, 4) is 5.75 Å². The topological polar surface area (TPSA) is 17.4 Å². The maximum absolute atomic E-state index is 13.4. The summed E-state index contributed by atoms with van der Waals surface area (Å²) in [6, 6.07) is 13.4. The van der Waals surface area contributed by atoms with Gasteiger partial charge in [0.15, 0.2) is 0 Å². The number of halogens is 2. The van der Waals surface area contributed by atoms with Crippen molar-refractivity contribution in [3.63, 3.8) is 0 Å². The van der Waals surface area contributed by atoms with Gasteiger partial charge in [-0.1, -0.05) is 25.5 Å². The number of nitrogens with zero attached hydrogens (tertiary/aromatic N) is 2. The molecule has 1 aliphatic rings. The van der Waals surface area contributed by atoms with E-state index in [1.54, 1.807) is 7.11 Å². The molecule has 0 fully saturated rings. The number of rotatable bonds is 6. The van der Waals surface area contributed by atoms with Crippen molar-refractivity contribution in [3.05, 3.63) is 71.3 Å². The lowest BCUT2D eigenvalue weighted by Gasteiger charge is -2.32. The van der Waals surface area contributed by atoms with Crippen LogP contribution in [0.2, 0.25) is 0 Å². The van der Waals surface area contributed by atoms with Crippen LogP contribution >= 0.6 is 24.0 Å². The normalized spacial score (nSPS) is 15.3. The van der Waals surface area contributed by atoms with E-state index in [-0.39, 0.29) is 35.8 Å². The highest BCUT2D eigenvalue weighted by atomic mass is 127. The maximum Gasteiger partial charge on any atom is 0.123 e. The minimum absolute atomic E-state index is 0. The van der Waals surface area contributed by atoms with Gasteiger partial charge in [-0.15, -0.1) is 24.0 Å². The summed E-state index contributed by atoms with van der Waals surface area (Å²) in [4.78, 5) is 2.42. The fraction of sp³-hybridized carbons (Fsp3) is 0.333. The Morgan fingerprint density at radius 3 is 2.55 bits per heavy atom. The van der Waals surface area contributed by atoms with Crippen LogP contribution < -0.4 is 4.74 Å². The minimum atomic E-state index is -0.202. The number of fused-ring (bicyclic) bond motifs is 3. The van der Waals surface area contributed by atoms with Crippen molar-refractivity contribution in [2.24, 2.45) is 0 Å². The summed E-state index contributed by atoms with van der Waals surface area (Å²) in [5, 5.41) is 1.23. The monoisotopic (exact) mass is 506 g/mol. The molecule has 0 saturated heterocycles. The van der Waals surface area contributed by atoms with Gasteiger partial charge in [-0.3, -0.25) is 0 Å². The summed E-state index contributed by atoms with van der Waals surface area (Å²) < 4.78 is 21.2. The summed E-state index contributed by atoms with van der Waals surface area (Å²) in [5.74, 6) is 0.647. The van der Waals surface area contributed by atoms with Crippen LogP contribution in [-0.4, -0.2) is 23.1 Å². The van der Waals surface area contributed by atoms with Crippen molar-refractivity contribution >= 4 is 41.0 Å². The highest BCUT2D eigenvalue weighted by molar-refractivity contribution is 14.0. The van der Waals surface area contributed by atoms with Crippen molar-refractivity contribution in [2.45, 2.75) is 39.3 Å². The Morgan fingerprint density at radius 1 is 1.10 bits per heavy atom. The molecule has 1 unspecified atom stereocenters. The number of hydrogen-bond donors (Lipinski definition) is 0. The molecular weight excluding hydrogens is 478 g/mol. The third kappa shape index (κ3) is 4.15. The Balaban J connectivity index is 0.00000240. The van der Waals surface area contributed by atoms with E-state index in [0.29, 0.717) is 6.54 Å². The lowest BCUT2D eigenvalue weighted by atomic mass is 10.0. The van der Waals surface area contributed by atoms with Gasteiger partial charge >= 0.3 is 0 Å². The molecular formula is C24H28FIN2O. The third-order valence-corrected chi connectivity index (χ3v) is 5.70. The number of hydrogen-bond acceptors (Lipinski definition) is 2. The lowest BCUT2D eigenvalue weighted by Crippen LogP contribution is -2.27. The molecule has 29 heavy (non-hydrogen) atoms. The summed E-state index contributed by atoms with van der Waals surface area (Å²) in [5.41, 5.74) is 4.83. The highest BCUT2D eigenvalue weighted by Crippen LogP contribution is 2.39. The van der Waals surface area contributed by atoms with Crippen molar-refractivity contribution < 1.29 is 9.13 Å². The van der Waals surface area contributed by atoms with Gasteiger partial charge in [-0.2, -0.15) is 0 Å². The van der Waals surface area contributed by atoms with Crippen LogP contribution in [0.3, 0.4) is 0 Å². The predicted octanol–water partition coefficient (Wildman–Crippen LogP) is 6.60. The number of unbranched alkanes of at least 4 members (excludes halogenated alkanes) is 1. The van der Waals surface area contributed by atoms with Crippen LogP contribution in [0.1, 0.15) is 49.6 Å². The largest absolute Gasteiger partial charge is 0.497 e. The number of aromatic nitrogens is 1. The van der Waals surface area contributed by atoms with Gasteiger partial charge < -0.3 is 14.2 Å². The summed E-state index contributed by atoms with van der Waals surface area (Å²) >= 11 is 0. The van der Waals surface area contributed by atoms with E-state index in [1.165, 1.54) is 41.6 Å². The van der Waals surface area contributed by atoms with Crippen LogP contribution in [0.15, 0.2) is 48.7 Å². The summed E-state index contributed by atoms with van der Waals surface area (Å²) in [7, 11) is 1.70. The standard InChI is InChI=1S/C24H27FN2O.HI/c1-4-5-13-26-14-12-22-21-11-10-20(28-3)15-23(21)27(24(22)17(26)2)16-18-6-8-19(25)9-7-18;/h6-12,14-15,17H,4-5,13,16H2,1-3H3;1H. The third-order valence-electron chi connectivity index (χ3n) is 5.70. The van der Waals surface area contributed by atoms with Gasteiger partial charge in [0.2, 0.25) is 0 Å². The second-order valence-electron chi connectivity index (χ2n) is 7.48. The first-order valence-electron chi connectivity index (χ1n) is 10.0. The molecule has 2 aromatic carbocycles. The van der Waals surface area contributed by atoms with Crippen LogP contribution in [0, 0.1) is 5.82 Å². The number of methoxy groups -OCH3 is 1. The van der Waals surface area contributed by atoms with Gasteiger partial charge in [0, 0.05) is 42.0 Å². The second kappa shape index (κ2) is 9.20. The van der Waals surface area contributed by atoms with E-state index in [0.717, 1.165) is 23.4 Å². The highest BCUT2D eigenvalue weighted by Gasteiger charge is 2.26. The first kappa shape index (κ1) is 21.7. The van der Waals surface area contributed by atoms with E-state index in [9.17, 15) is 4.39 Å². The van der Waals surface area contributed by atoms with Crippen LogP contribution in [0.25, 0.3) is 17.0 Å². The molecule has 154 valence electrons. The van der Waals surface area contributed by atoms with Crippen LogP contribution in [-0.2, 0) is 6.54 Å². The Morgan fingerprint density at radius 2 is 1.86 bits per heavy atom. The molecule has 0 bridgehead atoms. The van der Waals surface area contributed by atoms with Crippen LogP contribution in [0.4, 0.5) is 4.39 Å². The predicted molar refractivity (Wildman–Crippen MR) is 128 cm³/mol. The van der Waals surface area contributed by atoms with Crippen LogP contribution in [0.5, 0.6) is 5.75 Å². The van der Waals surface area contributed by atoms with E-state index in [4.69, 9.17) is 4.74 Å². The van der Waals surface area contributed by atoms with Crippen molar-refractivity contribution in [1.29, 1.82) is 0 Å². The zero-order valence-corrected chi connectivity index (χ0v) is 19.5. The molecule has 4 rings (SSSR count). The van der Waals surface area contributed by atoms with E-state index < -0.39 is 0 Å². The lowest BCUT2D eigenvalue weighted by molar-refractivity contribution is 0.281. The molecule has 0 N–H and O–H groups in total. The maximum atomic E-state index is 13.4. The summed E-state index contributed by atoms with van der Waals surface area (Å²) in [6.45, 7) is 6.25. The minimum Gasteiger partial charge on any atom is -0.497 e. The first-order chi connectivity index (χ1) is 13.6. The first-order valence-corrected chi connectivity index (χ1v) is 10.0. The Hall–Kier alpha value is -2.02. The molecule has 2 heterocycles. The molecule has 0 aliphatic carbocycles. The van der Waals surface area contributed by atoms with E-state index in [1.807, 2.05) is 18.2 Å². The molecule has 3 aromatic rings. The zero-order chi connectivity index (χ0) is 19.7. The fourth-order valence-corrected chi connectivity index (χ4v) is 4.14. The Kier molecular flexibility index (Phi) is 6.88. The van der Waals surface area contributed by atoms with Crippen molar-refractivity contribution in [1.82, 2.24) is 9.47 Å². The molecule has 0 radical (unpaired) electrons. The molecule has 5 heteroatoms. The van der Waals surface area contributed by atoms with E-state index in [2.05, 4.69) is 47.7 Å². The molecule has 0 spiro atoms. The zero-order valence-electron chi connectivity index (χ0n) is 17.2. The average molecular weight is 506 g/mol. The van der Waals surface area contributed by atoms with Crippen molar-refractivity contribution in [2.75, 3.05) is 13.7 Å². The molecule has 1 aromatic heterocycles. The molecule has 0 amide bonds. The average Bonchev–Trinajstić information content (AvgIpc) is 3.02. The summed E-state index contributed by atoms with van der Waals surface area (Å²) in [6.07, 6.45) is 6.82. The molecule has 1 atom stereocenters. The number of benzene rings is 2. The van der Waals surface area contributed by atoms with Gasteiger partial charge in [0.1, 0.15) is 11.6 Å². The van der Waals surface area contributed by atoms with Gasteiger partial charge in [0.05, 0.1) is 18.7 Å². The van der Waals surface area contributed by atoms with Gasteiger partial charge in [-0.05, 0) is 49.2 Å². The number of ether oxygens (including phenoxy) is 1. The Labute approximate surface area is 189 Å². The molecule has 1 aliphatic heterocycles. The van der Waals surface area contributed by atoms with E-state index >= 15 is 0 Å². The smallest absolute Gasteiger partial charge is 0.123 e. The fourth-order valence-electron chi connectivity index (χ4n) is 4.14. The second-order valence-corrected chi connectivity index (χ2v) is 7.48.